The topological polar surface area (TPSA) is 94.2 Å². The summed E-state index contributed by atoms with van der Waals surface area (Å²) < 4.78 is 17.1. The zero-order chi connectivity index (χ0) is 27.8. The molecule has 1 saturated heterocycles. The van der Waals surface area contributed by atoms with Gasteiger partial charge in [-0.05, 0) is 79.2 Å². The van der Waals surface area contributed by atoms with Crippen LogP contribution in [-0.4, -0.2) is 41.7 Å². The maximum absolute atomic E-state index is 13.0. The lowest BCUT2D eigenvalue weighted by molar-refractivity contribution is -0.127. The van der Waals surface area contributed by atoms with Crippen LogP contribution in [0.1, 0.15) is 25.0 Å². The Bertz CT molecular complexity index is 1380. The Balaban J connectivity index is 1.45. The van der Waals surface area contributed by atoms with Gasteiger partial charge in [-0.25, -0.2) is 0 Å². The van der Waals surface area contributed by atoms with Crippen LogP contribution in [0.5, 0.6) is 17.2 Å². The Morgan fingerprint density at radius 1 is 0.974 bits per heavy atom. The summed E-state index contributed by atoms with van der Waals surface area (Å²) in [7, 11) is 0. The quantitative estimate of drug-likeness (QED) is 0.269. The molecule has 0 unspecified atom stereocenters. The highest BCUT2D eigenvalue weighted by molar-refractivity contribution is 8.18. The van der Waals surface area contributed by atoms with Gasteiger partial charge in [0.25, 0.3) is 11.1 Å². The van der Waals surface area contributed by atoms with E-state index in [9.17, 15) is 14.4 Å². The molecule has 0 radical (unpaired) electrons. The third kappa shape index (κ3) is 7.34. The van der Waals surface area contributed by atoms with E-state index in [4.69, 9.17) is 25.8 Å². The average molecular weight is 567 g/mol. The van der Waals surface area contributed by atoms with Gasteiger partial charge in [0.1, 0.15) is 18.9 Å². The molecule has 1 N–H and O–H groups in total. The van der Waals surface area contributed by atoms with Crippen molar-refractivity contribution in [3.63, 3.8) is 0 Å². The molecule has 0 atom stereocenters. The zero-order valence-electron chi connectivity index (χ0n) is 21.4. The predicted octanol–water partition coefficient (Wildman–Crippen LogP) is 6.39. The van der Waals surface area contributed by atoms with E-state index in [1.807, 2.05) is 44.2 Å². The predicted molar refractivity (Wildman–Crippen MR) is 152 cm³/mol. The molecule has 0 spiro atoms. The summed E-state index contributed by atoms with van der Waals surface area (Å²) in [4.78, 5) is 39.1. The van der Waals surface area contributed by atoms with E-state index < -0.39 is 23.6 Å². The highest BCUT2D eigenvalue weighted by atomic mass is 35.5. The number of thioether (sulfide) groups is 1. The second-order valence-corrected chi connectivity index (χ2v) is 9.71. The Morgan fingerprint density at radius 2 is 1.69 bits per heavy atom. The van der Waals surface area contributed by atoms with Gasteiger partial charge in [0.15, 0.2) is 11.5 Å². The van der Waals surface area contributed by atoms with Gasteiger partial charge in [-0.3, -0.25) is 19.3 Å². The summed E-state index contributed by atoms with van der Waals surface area (Å²) >= 11 is 7.28. The van der Waals surface area contributed by atoms with Crippen molar-refractivity contribution < 1.29 is 28.6 Å². The molecule has 202 valence electrons. The fraction of sp³-hybridized carbons (Fsp3) is 0.207. The monoisotopic (exact) mass is 566 g/mol. The van der Waals surface area contributed by atoms with Gasteiger partial charge in [0.2, 0.25) is 5.91 Å². The molecule has 8 nitrogen and oxygen atoms in total. The van der Waals surface area contributed by atoms with Gasteiger partial charge in [-0.15, -0.1) is 0 Å². The first-order chi connectivity index (χ1) is 18.9. The van der Waals surface area contributed by atoms with Gasteiger partial charge in [0.05, 0.1) is 23.1 Å². The number of ether oxygens (including phenoxy) is 3. The smallest absolute Gasteiger partial charge is 0.294 e. The van der Waals surface area contributed by atoms with Crippen LogP contribution in [0.4, 0.5) is 10.5 Å². The van der Waals surface area contributed by atoms with Crippen LogP contribution >= 0.6 is 23.4 Å². The maximum atomic E-state index is 13.0. The van der Waals surface area contributed by atoms with Crippen molar-refractivity contribution >= 4 is 52.2 Å². The van der Waals surface area contributed by atoms with E-state index in [0.29, 0.717) is 53.3 Å². The summed E-state index contributed by atoms with van der Waals surface area (Å²) in [6.07, 6.45) is 1.55. The molecular formula is C29H27ClN2O6S. The summed E-state index contributed by atoms with van der Waals surface area (Å²) in [5.74, 6) is 0.421. The number of carbonyl (C=O) groups excluding carboxylic acids is 3. The third-order valence-corrected chi connectivity index (χ3v) is 6.67. The first-order valence-electron chi connectivity index (χ1n) is 12.3. The Morgan fingerprint density at radius 3 is 2.38 bits per heavy atom. The minimum absolute atomic E-state index is 0.172. The molecule has 0 saturated carbocycles. The van der Waals surface area contributed by atoms with Crippen LogP contribution in [0.25, 0.3) is 6.08 Å². The van der Waals surface area contributed by atoms with Crippen LogP contribution in [0.15, 0.2) is 71.6 Å². The number of carbonyl (C=O) groups is 3. The molecule has 1 fully saturated rings. The van der Waals surface area contributed by atoms with Crippen molar-refractivity contribution in [1.29, 1.82) is 0 Å². The number of nitrogens with zero attached hydrogens (tertiary/aromatic N) is 1. The first kappa shape index (κ1) is 28.1. The summed E-state index contributed by atoms with van der Waals surface area (Å²) in [5.41, 5.74) is 2.05. The number of imide groups is 1. The fourth-order valence-electron chi connectivity index (χ4n) is 3.74. The normalized spacial score (nSPS) is 14.0. The van der Waals surface area contributed by atoms with Gasteiger partial charge in [0, 0.05) is 5.69 Å². The second-order valence-electron chi connectivity index (χ2n) is 8.31. The van der Waals surface area contributed by atoms with Crippen molar-refractivity contribution in [2.24, 2.45) is 0 Å². The summed E-state index contributed by atoms with van der Waals surface area (Å²) in [5, 5.41) is 2.45. The SMILES string of the molecule is CCOc1ccc(NC(=O)CN2C(=O)S/C(=C/c3cc(Cl)c(OCc4ccccc4)c(OCC)c3)C2=O)cc1. The standard InChI is InChI=1S/C29H27ClN2O6S/c1-3-36-22-12-10-21(11-13-22)31-26(33)17-32-28(34)25(39-29(32)35)16-20-14-23(30)27(24(15-20)37-4-2)38-18-19-8-6-5-7-9-19/h5-16H,3-4,17-18H2,1-2H3,(H,31,33)/b25-16+. The van der Waals surface area contributed by atoms with Gasteiger partial charge in [-0.1, -0.05) is 41.9 Å². The molecule has 0 aromatic heterocycles. The molecule has 1 aliphatic heterocycles. The Kier molecular flexibility index (Phi) is 9.51. The van der Waals surface area contributed by atoms with E-state index in [2.05, 4.69) is 5.32 Å². The Labute approximate surface area is 235 Å². The molecule has 39 heavy (non-hydrogen) atoms. The molecule has 1 aliphatic rings. The number of amides is 3. The van der Waals surface area contributed by atoms with Crippen molar-refractivity contribution in [2.75, 3.05) is 25.1 Å². The van der Waals surface area contributed by atoms with Crippen molar-refractivity contribution in [3.05, 3.63) is 87.8 Å². The largest absolute Gasteiger partial charge is 0.494 e. The number of nitrogens with one attached hydrogen (secondary N) is 1. The molecule has 3 aromatic rings. The highest BCUT2D eigenvalue weighted by Crippen LogP contribution is 2.39. The third-order valence-electron chi connectivity index (χ3n) is 5.48. The van der Waals surface area contributed by atoms with Gasteiger partial charge < -0.3 is 19.5 Å². The molecule has 1 heterocycles. The van der Waals surface area contributed by atoms with Crippen LogP contribution in [0.3, 0.4) is 0 Å². The van der Waals surface area contributed by atoms with Crippen molar-refractivity contribution in [3.8, 4) is 17.2 Å². The lowest BCUT2D eigenvalue weighted by atomic mass is 10.1. The van der Waals surface area contributed by atoms with E-state index in [0.717, 1.165) is 22.2 Å². The number of halogens is 1. The Hall–Kier alpha value is -3.95. The van der Waals surface area contributed by atoms with E-state index >= 15 is 0 Å². The first-order valence-corrected chi connectivity index (χ1v) is 13.5. The van der Waals surface area contributed by atoms with Crippen molar-refractivity contribution in [1.82, 2.24) is 4.90 Å². The van der Waals surface area contributed by atoms with E-state index in [1.165, 1.54) is 0 Å². The highest BCUT2D eigenvalue weighted by Gasteiger charge is 2.36. The van der Waals surface area contributed by atoms with E-state index in [1.54, 1.807) is 42.5 Å². The molecule has 0 aliphatic carbocycles. The number of hydrogen-bond donors (Lipinski definition) is 1. The van der Waals surface area contributed by atoms with Crippen LogP contribution in [0, 0.1) is 0 Å². The number of anilines is 1. The number of hydrogen-bond acceptors (Lipinski definition) is 7. The molecular weight excluding hydrogens is 540 g/mol. The fourth-order valence-corrected chi connectivity index (χ4v) is 4.85. The molecule has 10 heteroatoms. The lowest BCUT2D eigenvalue weighted by Gasteiger charge is -2.15. The number of benzene rings is 3. The number of rotatable bonds is 11. The lowest BCUT2D eigenvalue weighted by Crippen LogP contribution is -2.36. The van der Waals surface area contributed by atoms with Crippen molar-refractivity contribution in [2.45, 2.75) is 20.5 Å². The van der Waals surface area contributed by atoms with Crippen LogP contribution in [0.2, 0.25) is 5.02 Å². The summed E-state index contributed by atoms with van der Waals surface area (Å²) in [6.45, 7) is 4.52. The minimum atomic E-state index is -0.565. The zero-order valence-corrected chi connectivity index (χ0v) is 23.0. The molecule has 3 aromatic carbocycles. The van der Waals surface area contributed by atoms with Gasteiger partial charge in [-0.2, -0.15) is 0 Å². The van der Waals surface area contributed by atoms with E-state index in [-0.39, 0.29) is 4.91 Å². The minimum Gasteiger partial charge on any atom is -0.494 e. The maximum Gasteiger partial charge on any atom is 0.294 e. The second kappa shape index (κ2) is 13.2. The molecule has 4 rings (SSSR count). The average Bonchev–Trinajstić information content (AvgIpc) is 3.17. The molecule has 3 amide bonds. The molecule has 0 bridgehead atoms. The van der Waals surface area contributed by atoms with Crippen LogP contribution in [-0.2, 0) is 16.2 Å². The van der Waals surface area contributed by atoms with Crippen LogP contribution < -0.4 is 19.5 Å². The summed E-state index contributed by atoms with van der Waals surface area (Å²) in [6, 6.07) is 19.8. The van der Waals surface area contributed by atoms with Gasteiger partial charge >= 0.3 is 0 Å².